The summed E-state index contributed by atoms with van der Waals surface area (Å²) in [6.07, 6.45) is 8.45. The Morgan fingerprint density at radius 2 is 2.31 bits per heavy atom. The Bertz CT molecular complexity index is 256. The van der Waals surface area contributed by atoms with Crippen LogP contribution < -0.4 is 0 Å². The van der Waals surface area contributed by atoms with Crippen molar-refractivity contribution in [1.29, 1.82) is 0 Å². The maximum Gasteiger partial charge on any atom is 0.166 e. The summed E-state index contributed by atoms with van der Waals surface area (Å²) in [6.45, 7) is 8.11. The largest absolute Gasteiger partial charge is 0.344 e. The molecule has 0 bridgehead atoms. The monoisotopic (exact) mass is 194 g/mol. The summed E-state index contributed by atoms with van der Waals surface area (Å²) < 4.78 is 0. The Morgan fingerprint density at radius 3 is 2.85 bits per heavy atom. The fourth-order valence-corrected chi connectivity index (χ4v) is 1.42. The molecule has 0 radical (unpaired) electrons. The van der Waals surface area contributed by atoms with E-state index in [1.807, 2.05) is 29.3 Å². The minimum absolute atomic E-state index is 0.0852. The van der Waals surface area contributed by atoms with Gasteiger partial charge in [-0.1, -0.05) is 12.2 Å². The highest BCUT2D eigenvalue weighted by atomic mass is 32.1. The summed E-state index contributed by atoms with van der Waals surface area (Å²) in [5, 5.41) is 0. The van der Waals surface area contributed by atoms with E-state index in [4.69, 9.17) is 0 Å². The molecular weight excluding hydrogens is 180 g/mol. The van der Waals surface area contributed by atoms with Crippen molar-refractivity contribution in [1.82, 2.24) is 4.90 Å². The van der Waals surface area contributed by atoms with E-state index in [9.17, 15) is 0 Å². The van der Waals surface area contributed by atoms with E-state index in [2.05, 4.69) is 30.8 Å². The SMILES string of the molecule is C=CCC1=NC(S)N(CC=C)C=C1. The van der Waals surface area contributed by atoms with Crippen LogP contribution in [0.1, 0.15) is 6.42 Å². The first-order valence-electron chi connectivity index (χ1n) is 4.18. The van der Waals surface area contributed by atoms with Gasteiger partial charge in [0.1, 0.15) is 0 Å². The van der Waals surface area contributed by atoms with Crippen LogP contribution in [0.2, 0.25) is 0 Å². The normalized spacial score (nSPS) is 21.2. The van der Waals surface area contributed by atoms with Gasteiger partial charge in [-0.15, -0.1) is 25.8 Å². The predicted octanol–water partition coefficient (Wildman–Crippen LogP) is 2.23. The zero-order valence-electron chi connectivity index (χ0n) is 7.56. The van der Waals surface area contributed by atoms with Crippen LogP contribution >= 0.6 is 12.6 Å². The number of allylic oxidation sites excluding steroid dienone is 2. The van der Waals surface area contributed by atoms with E-state index in [1.165, 1.54) is 0 Å². The fourth-order valence-electron chi connectivity index (χ4n) is 1.10. The third kappa shape index (κ3) is 2.77. The topological polar surface area (TPSA) is 15.6 Å². The minimum atomic E-state index is -0.0852. The minimum Gasteiger partial charge on any atom is -0.344 e. The molecular formula is C10H14N2S. The molecule has 1 unspecified atom stereocenters. The van der Waals surface area contributed by atoms with Gasteiger partial charge in [-0.25, -0.2) is 0 Å². The molecule has 0 amide bonds. The van der Waals surface area contributed by atoms with Crippen LogP contribution in [0.3, 0.4) is 0 Å². The summed E-state index contributed by atoms with van der Waals surface area (Å²) in [6, 6.07) is 0. The van der Waals surface area contributed by atoms with Crippen LogP contribution in [-0.4, -0.2) is 22.7 Å². The maximum atomic E-state index is 4.37. The first kappa shape index (κ1) is 10.1. The summed E-state index contributed by atoms with van der Waals surface area (Å²) in [7, 11) is 0. The van der Waals surface area contributed by atoms with Gasteiger partial charge in [-0.3, -0.25) is 4.99 Å². The highest BCUT2D eigenvalue weighted by molar-refractivity contribution is 7.80. The number of hydrogen-bond donors (Lipinski definition) is 1. The lowest BCUT2D eigenvalue weighted by Crippen LogP contribution is -2.28. The van der Waals surface area contributed by atoms with E-state index >= 15 is 0 Å². The number of nitrogens with zero attached hydrogens (tertiary/aromatic N) is 2. The summed E-state index contributed by atoms with van der Waals surface area (Å²) in [4.78, 5) is 6.38. The van der Waals surface area contributed by atoms with Gasteiger partial charge in [0.15, 0.2) is 5.50 Å². The standard InChI is InChI=1S/C10H14N2S/c1-3-5-9-6-8-12(7-4-2)10(13)11-9/h3-4,6,8,10,13H,1-2,5,7H2. The van der Waals surface area contributed by atoms with Gasteiger partial charge >= 0.3 is 0 Å². The molecule has 0 saturated carbocycles. The molecule has 0 saturated heterocycles. The van der Waals surface area contributed by atoms with Crippen molar-refractivity contribution in [3.8, 4) is 0 Å². The Morgan fingerprint density at radius 1 is 1.54 bits per heavy atom. The lowest BCUT2D eigenvalue weighted by Gasteiger charge is -2.26. The average Bonchev–Trinajstić information content (AvgIpc) is 2.10. The third-order valence-corrected chi connectivity index (χ3v) is 2.14. The van der Waals surface area contributed by atoms with Crippen molar-refractivity contribution < 1.29 is 0 Å². The van der Waals surface area contributed by atoms with Crippen LogP contribution in [0.4, 0.5) is 0 Å². The molecule has 70 valence electrons. The second-order valence-corrected chi connectivity index (χ2v) is 3.22. The van der Waals surface area contributed by atoms with Crippen molar-refractivity contribution >= 4 is 18.3 Å². The molecule has 1 aliphatic heterocycles. The summed E-state index contributed by atoms with van der Waals surface area (Å²) >= 11 is 4.35. The first-order valence-corrected chi connectivity index (χ1v) is 4.70. The van der Waals surface area contributed by atoms with E-state index in [1.54, 1.807) is 0 Å². The van der Waals surface area contributed by atoms with Crippen LogP contribution in [0.25, 0.3) is 0 Å². The van der Waals surface area contributed by atoms with Gasteiger partial charge in [0.2, 0.25) is 0 Å². The fraction of sp³-hybridized carbons (Fsp3) is 0.300. The van der Waals surface area contributed by atoms with Crippen LogP contribution in [0.5, 0.6) is 0 Å². The van der Waals surface area contributed by atoms with Crippen molar-refractivity contribution in [2.45, 2.75) is 11.9 Å². The third-order valence-electron chi connectivity index (χ3n) is 1.73. The Kier molecular flexibility index (Phi) is 3.83. The molecule has 0 aromatic rings. The number of hydrogen-bond acceptors (Lipinski definition) is 3. The molecule has 0 N–H and O–H groups in total. The predicted molar refractivity (Wildman–Crippen MR) is 61.1 cm³/mol. The zero-order chi connectivity index (χ0) is 9.68. The molecule has 0 aliphatic carbocycles. The molecule has 1 aliphatic rings. The average molecular weight is 194 g/mol. The number of rotatable bonds is 4. The van der Waals surface area contributed by atoms with Gasteiger partial charge in [0, 0.05) is 24.9 Å². The van der Waals surface area contributed by atoms with E-state index in [0.29, 0.717) is 0 Å². The van der Waals surface area contributed by atoms with Crippen LogP contribution in [-0.2, 0) is 0 Å². The van der Waals surface area contributed by atoms with Gasteiger partial charge in [-0.2, -0.15) is 0 Å². The summed E-state index contributed by atoms with van der Waals surface area (Å²) in [5.74, 6) is 0. The van der Waals surface area contributed by atoms with E-state index in [-0.39, 0.29) is 5.50 Å². The summed E-state index contributed by atoms with van der Waals surface area (Å²) in [5.41, 5.74) is 0.938. The van der Waals surface area contributed by atoms with Gasteiger partial charge in [0.25, 0.3) is 0 Å². The molecule has 0 aromatic heterocycles. The molecule has 0 fully saturated rings. The second-order valence-electron chi connectivity index (χ2n) is 2.76. The van der Waals surface area contributed by atoms with E-state index in [0.717, 1.165) is 18.7 Å². The van der Waals surface area contributed by atoms with Crippen molar-refractivity contribution in [2.75, 3.05) is 6.54 Å². The smallest absolute Gasteiger partial charge is 0.166 e. The van der Waals surface area contributed by atoms with Crippen LogP contribution in [0.15, 0.2) is 42.6 Å². The first-order chi connectivity index (χ1) is 6.27. The number of aliphatic imine (C=N–C) groups is 1. The van der Waals surface area contributed by atoms with Gasteiger partial charge in [-0.05, 0) is 6.08 Å². The quantitative estimate of drug-likeness (QED) is 0.536. The lowest BCUT2D eigenvalue weighted by molar-refractivity contribution is 0.397. The molecule has 1 rings (SSSR count). The molecule has 0 spiro atoms. The Hall–Kier alpha value is -0.960. The van der Waals surface area contributed by atoms with Crippen LogP contribution in [0, 0.1) is 0 Å². The van der Waals surface area contributed by atoms with Crippen molar-refractivity contribution in [2.24, 2.45) is 4.99 Å². The second kappa shape index (κ2) is 4.92. The molecule has 1 atom stereocenters. The zero-order valence-corrected chi connectivity index (χ0v) is 8.45. The maximum absolute atomic E-state index is 4.37. The molecule has 0 aromatic carbocycles. The molecule has 13 heavy (non-hydrogen) atoms. The molecule has 2 nitrogen and oxygen atoms in total. The highest BCUT2D eigenvalue weighted by Crippen LogP contribution is 2.13. The molecule has 3 heteroatoms. The van der Waals surface area contributed by atoms with Crippen molar-refractivity contribution in [3.05, 3.63) is 37.6 Å². The molecule has 1 heterocycles. The Labute approximate surface area is 84.8 Å². The highest BCUT2D eigenvalue weighted by Gasteiger charge is 2.11. The van der Waals surface area contributed by atoms with Crippen molar-refractivity contribution in [3.63, 3.8) is 0 Å². The van der Waals surface area contributed by atoms with E-state index < -0.39 is 0 Å². The van der Waals surface area contributed by atoms with Gasteiger partial charge < -0.3 is 4.90 Å². The lowest BCUT2D eigenvalue weighted by atomic mass is 10.2. The van der Waals surface area contributed by atoms with Gasteiger partial charge in [0.05, 0.1) is 0 Å². The number of thiol groups is 1. The Balaban J connectivity index is 2.60.